The van der Waals surface area contributed by atoms with Crippen LogP contribution in [0.4, 0.5) is 4.79 Å². The van der Waals surface area contributed by atoms with Crippen LogP contribution in [0.25, 0.3) is 6.08 Å². The molecule has 0 bridgehead atoms. The molecule has 0 aromatic carbocycles. The van der Waals surface area contributed by atoms with Crippen LogP contribution in [0.5, 0.6) is 0 Å². The Morgan fingerprint density at radius 2 is 2.57 bits per heavy atom. The Labute approximate surface area is 86.4 Å². The molecule has 1 saturated heterocycles. The molecule has 1 amide bonds. The molecule has 3 nitrogen and oxygen atoms in total. The van der Waals surface area contributed by atoms with Crippen molar-refractivity contribution in [1.82, 2.24) is 5.32 Å². The molecule has 1 atom stereocenters. The molecule has 74 valence electrons. The Kier molecular flexibility index (Phi) is 2.29. The van der Waals surface area contributed by atoms with E-state index >= 15 is 0 Å². The van der Waals surface area contributed by atoms with Crippen molar-refractivity contribution in [2.75, 3.05) is 6.61 Å². The number of nitrogens with one attached hydrogen (secondary N) is 1. The van der Waals surface area contributed by atoms with Crippen molar-refractivity contribution in [1.29, 1.82) is 0 Å². The van der Waals surface area contributed by atoms with Crippen LogP contribution in [0.2, 0.25) is 0 Å². The Balaban J connectivity index is 2.07. The number of thiophene rings is 1. The predicted octanol–water partition coefficient (Wildman–Crippen LogP) is 2.26. The van der Waals surface area contributed by atoms with E-state index in [4.69, 9.17) is 4.74 Å². The SMILES string of the molecule is C[C@@]1(C=Cc2cccs2)COC(=O)N1. The molecule has 1 fully saturated rings. The van der Waals surface area contributed by atoms with E-state index < -0.39 is 0 Å². The first-order chi connectivity index (χ1) is 6.68. The molecule has 2 rings (SSSR count). The second-order valence-electron chi connectivity index (χ2n) is 3.47. The van der Waals surface area contributed by atoms with Crippen molar-refractivity contribution < 1.29 is 9.53 Å². The maximum absolute atomic E-state index is 10.9. The van der Waals surface area contributed by atoms with Gasteiger partial charge in [0.1, 0.15) is 6.61 Å². The number of cyclic esters (lactones) is 1. The fourth-order valence-corrected chi connectivity index (χ4v) is 1.88. The second-order valence-corrected chi connectivity index (χ2v) is 4.45. The highest BCUT2D eigenvalue weighted by molar-refractivity contribution is 7.10. The lowest BCUT2D eigenvalue weighted by atomic mass is 10.0. The monoisotopic (exact) mass is 209 g/mol. The first-order valence-electron chi connectivity index (χ1n) is 4.36. The van der Waals surface area contributed by atoms with Crippen LogP contribution in [0.15, 0.2) is 23.6 Å². The minimum absolute atomic E-state index is 0.344. The van der Waals surface area contributed by atoms with Crippen LogP contribution in [0.1, 0.15) is 11.8 Å². The van der Waals surface area contributed by atoms with Gasteiger partial charge in [0, 0.05) is 4.88 Å². The molecular formula is C10H11NO2S. The van der Waals surface area contributed by atoms with Crippen LogP contribution in [-0.2, 0) is 4.74 Å². The van der Waals surface area contributed by atoms with Crippen molar-refractivity contribution in [3.05, 3.63) is 28.5 Å². The molecule has 0 radical (unpaired) electrons. The number of amides is 1. The average Bonchev–Trinajstić information content (AvgIpc) is 2.73. The number of hydrogen-bond acceptors (Lipinski definition) is 3. The lowest BCUT2D eigenvalue weighted by Gasteiger charge is -2.14. The van der Waals surface area contributed by atoms with E-state index in [0.29, 0.717) is 6.61 Å². The summed E-state index contributed by atoms with van der Waals surface area (Å²) >= 11 is 1.67. The van der Waals surface area contributed by atoms with Crippen molar-refractivity contribution in [2.24, 2.45) is 0 Å². The van der Waals surface area contributed by atoms with Gasteiger partial charge in [0.2, 0.25) is 0 Å². The van der Waals surface area contributed by atoms with E-state index in [1.165, 1.54) is 4.88 Å². The zero-order valence-electron chi connectivity index (χ0n) is 7.82. The van der Waals surface area contributed by atoms with E-state index in [-0.39, 0.29) is 11.6 Å². The lowest BCUT2D eigenvalue weighted by molar-refractivity contribution is 0.175. The van der Waals surface area contributed by atoms with E-state index in [1.807, 2.05) is 36.6 Å². The first-order valence-corrected chi connectivity index (χ1v) is 5.24. The fourth-order valence-electron chi connectivity index (χ4n) is 1.26. The van der Waals surface area contributed by atoms with E-state index in [0.717, 1.165) is 0 Å². The third-order valence-corrected chi connectivity index (χ3v) is 2.89. The van der Waals surface area contributed by atoms with E-state index in [9.17, 15) is 4.79 Å². The van der Waals surface area contributed by atoms with Gasteiger partial charge < -0.3 is 10.1 Å². The summed E-state index contributed by atoms with van der Waals surface area (Å²) in [7, 11) is 0. The van der Waals surface area contributed by atoms with E-state index in [1.54, 1.807) is 11.3 Å². The first kappa shape index (κ1) is 9.27. The summed E-state index contributed by atoms with van der Waals surface area (Å²) in [4.78, 5) is 12.0. The van der Waals surface area contributed by atoms with Crippen molar-refractivity contribution in [2.45, 2.75) is 12.5 Å². The summed E-state index contributed by atoms with van der Waals surface area (Å²) in [5, 5.41) is 4.77. The number of rotatable bonds is 2. The average molecular weight is 209 g/mol. The van der Waals surface area contributed by atoms with Gasteiger partial charge in [-0.3, -0.25) is 0 Å². The quantitative estimate of drug-likeness (QED) is 0.811. The molecule has 1 aliphatic rings. The van der Waals surface area contributed by atoms with Crippen molar-refractivity contribution in [3.63, 3.8) is 0 Å². The lowest BCUT2D eigenvalue weighted by Crippen LogP contribution is -2.37. The maximum Gasteiger partial charge on any atom is 0.408 e. The minimum Gasteiger partial charge on any atom is -0.447 e. The standard InChI is InChI=1S/C10H11NO2S/c1-10(7-13-9(12)11-10)5-4-8-3-2-6-14-8/h2-6H,7H2,1H3,(H,11,12)/t10-/m1/s1. The number of hydrogen-bond donors (Lipinski definition) is 1. The van der Waals surface area contributed by atoms with Gasteiger partial charge in [-0.25, -0.2) is 4.79 Å². The summed E-state index contributed by atoms with van der Waals surface area (Å²) in [5.74, 6) is 0. The van der Waals surface area contributed by atoms with Crippen LogP contribution in [0, 0.1) is 0 Å². The van der Waals surface area contributed by atoms with Gasteiger partial charge in [-0.2, -0.15) is 0 Å². The Hall–Kier alpha value is -1.29. The molecule has 2 heterocycles. The summed E-state index contributed by atoms with van der Waals surface area (Å²) in [6, 6.07) is 4.03. The van der Waals surface area contributed by atoms with Crippen LogP contribution in [-0.4, -0.2) is 18.2 Å². The largest absolute Gasteiger partial charge is 0.447 e. The predicted molar refractivity (Wildman–Crippen MR) is 56.2 cm³/mol. The highest BCUT2D eigenvalue weighted by atomic mass is 32.1. The Bertz CT molecular complexity index is 358. The maximum atomic E-state index is 10.9. The highest BCUT2D eigenvalue weighted by Crippen LogP contribution is 2.17. The van der Waals surface area contributed by atoms with Crippen LogP contribution < -0.4 is 5.32 Å². The van der Waals surface area contributed by atoms with Gasteiger partial charge in [0.05, 0.1) is 5.54 Å². The minimum atomic E-state index is -0.360. The third kappa shape index (κ3) is 1.96. The fraction of sp³-hybridized carbons (Fsp3) is 0.300. The molecule has 4 heteroatoms. The molecular weight excluding hydrogens is 198 g/mol. The summed E-state index contributed by atoms with van der Waals surface area (Å²) in [6.07, 6.45) is 3.62. The highest BCUT2D eigenvalue weighted by Gasteiger charge is 2.31. The zero-order valence-corrected chi connectivity index (χ0v) is 8.64. The molecule has 0 saturated carbocycles. The van der Waals surface area contributed by atoms with Gasteiger partial charge in [0.25, 0.3) is 0 Å². The van der Waals surface area contributed by atoms with Crippen molar-refractivity contribution in [3.8, 4) is 0 Å². The number of ether oxygens (including phenoxy) is 1. The molecule has 1 aromatic rings. The molecule has 1 aliphatic heterocycles. The Morgan fingerprint density at radius 1 is 1.71 bits per heavy atom. The second kappa shape index (κ2) is 3.46. The molecule has 0 aliphatic carbocycles. The molecule has 1 aromatic heterocycles. The van der Waals surface area contributed by atoms with Gasteiger partial charge in [-0.05, 0) is 24.4 Å². The van der Waals surface area contributed by atoms with Gasteiger partial charge in [-0.15, -0.1) is 11.3 Å². The van der Waals surface area contributed by atoms with Crippen molar-refractivity contribution >= 4 is 23.5 Å². The molecule has 14 heavy (non-hydrogen) atoms. The third-order valence-electron chi connectivity index (χ3n) is 2.05. The topological polar surface area (TPSA) is 38.3 Å². The molecule has 0 unspecified atom stereocenters. The van der Waals surface area contributed by atoms with E-state index in [2.05, 4.69) is 5.32 Å². The number of alkyl carbamates (subject to hydrolysis) is 1. The molecule has 0 spiro atoms. The smallest absolute Gasteiger partial charge is 0.408 e. The zero-order chi connectivity index (χ0) is 10.0. The normalized spacial score (nSPS) is 26.5. The van der Waals surface area contributed by atoms with Gasteiger partial charge in [-0.1, -0.05) is 12.1 Å². The number of carbonyl (C=O) groups is 1. The summed E-state index contributed by atoms with van der Waals surface area (Å²) in [5.41, 5.74) is -0.360. The summed E-state index contributed by atoms with van der Waals surface area (Å²) in [6.45, 7) is 2.33. The number of carbonyl (C=O) groups excluding carboxylic acids is 1. The van der Waals surface area contributed by atoms with Gasteiger partial charge >= 0.3 is 6.09 Å². The molecule has 1 N–H and O–H groups in total. The van der Waals surface area contributed by atoms with Crippen LogP contribution >= 0.6 is 11.3 Å². The summed E-state index contributed by atoms with van der Waals surface area (Å²) < 4.78 is 4.84. The van der Waals surface area contributed by atoms with Crippen LogP contribution in [0.3, 0.4) is 0 Å². The van der Waals surface area contributed by atoms with Gasteiger partial charge in [0.15, 0.2) is 0 Å². The Morgan fingerprint density at radius 3 is 3.14 bits per heavy atom.